The molecule has 3 fully saturated rings. The van der Waals surface area contributed by atoms with E-state index in [1.165, 1.54) is 12.8 Å². The number of aromatic nitrogens is 1. The predicted molar refractivity (Wildman–Crippen MR) is 101 cm³/mol. The fourth-order valence-corrected chi connectivity index (χ4v) is 4.17. The third-order valence-electron chi connectivity index (χ3n) is 5.51. The summed E-state index contributed by atoms with van der Waals surface area (Å²) in [6.45, 7) is 4.52. The van der Waals surface area contributed by atoms with Gasteiger partial charge < -0.3 is 10.1 Å². The molecular weight excluding hydrogens is 350 g/mol. The Morgan fingerprint density at radius 2 is 1.96 bits per heavy atom. The van der Waals surface area contributed by atoms with Crippen LogP contribution in [0.15, 0.2) is 42.6 Å². The molecule has 5 rings (SSSR count). The van der Waals surface area contributed by atoms with Crippen molar-refractivity contribution in [3.8, 4) is 11.6 Å². The molecule has 4 heterocycles. The van der Waals surface area contributed by atoms with Gasteiger partial charge in [-0.15, -0.1) is 0 Å². The highest BCUT2D eigenvalue weighted by Gasteiger charge is 2.40. The Balaban J connectivity index is 1.41. The van der Waals surface area contributed by atoms with E-state index in [-0.39, 0.29) is 11.9 Å². The van der Waals surface area contributed by atoms with Crippen LogP contribution in [0.4, 0.5) is 0 Å². The number of halogens is 1. The molecule has 0 unspecified atom stereocenters. The van der Waals surface area contributed by atoms with Crippen LogP contribution in [0, 0.1) is 5.92 Å². The average Bonchev–Trinajstić information content (AvgIpc) is 2.65. The molecule has 0 aliphatic carbocycles. The third-order valence-corrected chi connectivity index (χ3v) is 5.75. The van der Waals surface area contributed by atoms with Gasteiger partial charge >= 0.3 is 0 Å². The van der Waals surface area contributed by atoms with Gasteiger partial charge in [-0.3, -0.25) is 9.69 Å². The van der Waals surface area contributed by atoms with E-state index in [0.29, 0.717) is 34.2 Å². The number of carbonyl (C=O) groups excluding carboxylic acids is 1. The topological polar surface area (TPSA) is 54.5 Å². The number of rotatable bonds is 4. The lowest BCUT2D eigenvalue weighted by molar-refractivity contribution is 0.0217. The molecule has 3 aliphatic heterocycles. The van der Waals surface area contributed by atoms with Crippen LogP contribution in [-0.2, 0) is 0 Å². The highest BCUT2D eigenvalue weighted by atomic mass is 35.5. The fourth-order valence-electron chi connectivity index (χ4n) is 4.02. The van der Waals surface area contributed by atoms with E-state index >= 15 is 0 Å². The Hall–Kier alpha value is -2.11. The van der Waals surface area contributed by atoms with Gasteiger partial charge in [-0.05, 0) is 69.1 Å². The lowest BCUT2D eigenvalue weighted by Gasteiger charge is -2.49. The Morgan fingerprint density at radius 1 is 1.23 bits per heavy atom. The molecule has 1 aromatic carbocycles. The molecule has 0 radical (unpaired) electrons. The van der Waals surface area contributed by atoms with Crippen molar-refractivity contribution in [2.45, 2.75) is 31.8 Å². The SMILES string of the molecule is C[C@H]1[C@H](NC(=O)c2ccc(Oc3cc(Cl)ccn3)cc2)C2CCN1CC2. The van der Waals surface area contributed by atoms with Crippen molar-refractivity contribution >= 4 is 17.5 Å². The zero-order valence-electron chi connectivity index (χ0n) is 14.7. The van der Waals surface area contributed by atoms with Crippen molar-refractivity contribution in [1.82, 2.24) is 15.2 Å². The number of ether oxygens (including phenoxy) is 1. The summed E-state index contributed by atoms with van der Waals surface area (Å²) < 4.78 is 5.67. The van der Waals surface area contributed by atoms with Crippen LogP contribution in [0.5, 0.6) is 11.6 Å². The number of piperidine rings is 3. The van der Waals surface area contributed by atoms with E-state index in [2.05, 4.69) is 22.1 Å². The fraction of sp³-hybridized carbons (Fsp3) is 0.400. The Bertz CT molecular complexity index is 786. The van der Waals surface area contributed by atoms with E-state index in [1.807, 2.05) is 0 Å². The van der Waals surface area contributed by atoms with Gasteiger partial charge in [-0.2, -0.15) is 0 Å². The molecule has 0 spiro atoms. The van der Waals surface area contributed by atoms with Crippen LogP contribution in [0.3, 0.4) is 0 Å². The lowest BCUT2D eigenvalue weighted by Crippen LogP contribution is -2.62. The minimum absolute atomic E-state index is 0.0250. The zero-order valence-corrected chi connectivity index (χ0v) is 15.4. The Labute approximate surface area is 158 Å². The van der Waals surface area contributed by atoms with Crippen LogP contribution >= 0.6 is 11.6 Å². The minimum Gasteiger partial charge on any atom is -0.439 e. The van der Waals surface area contributed by atoms with E-state index in [1.54, 1.807) is 42.6 Å². The van der Waals surface area contributed by atoms with Gasteiger partial charge in [0.2, 0.25) is 5.88 Å². The zero-order chi connectivity index (χ0) is 18.1. The van der Waals surface area contributed by atoms with Crippen molar-refractivity contribution < 1.29 is 9.53 Å². The van der Waals surface area contributed by atoms with Crippen LogP contribution in [-0.4, -0.2) is 41.0 Å². The summed E-state index contributed by atoms with van der Waals surface area (Å²) in [5, 5.41) is 3.81. The van der Waals surface area contributed by atoms with Crippen molar-refractivity contribution in [3.63, 3.8) is 0 Å². The monoisotopic (exact) mass is 371 g/mol. The molecule has 2 bridgehead atoms. The number of nitrogens with zero attached hydrogens (tertiary/aromatic N) is 2. The molecule has 6 heteroatoms. The maximum atomic E-state index is 12.6. The van der Waals surface area contributed by atoms with Crippen molar-refractivity contribution in [2.75, 3.05) is 13.1 Å². The highest BCUT2D eigenvalue weighted by molar-refractivity contribution is 6.30. The van der Waals surface area contributed by atoms with Crippen molar-refractivity contribution in [2.24, 2.45) is 5.92 Å². The molecule has 2 atom stereocenters. The minimum atomic E-state index is -0.0250. The molecule has 1 amide bonds. The second kappa shape index (κ2) is 7.25. The number of amides is 1. The van der Waals surface area contributed by atoms with E-state index < -0.39 is 0 Å². The molecule has 26 heavy (non-hydrogen) atoms. The van der Waals surface area contributed by atoms with Gasteiger partial charge in [0.25, 0.3) is 5.91 Å². The van der Waals surface area contributed by atoms with E-state index in [0.717, 1.165) is 13.1 Å². The van der Waals surface area contributed by atoms with Gasteiger partial charge in [-0.25, -0.2) is 4.98 Å². The first kappa shape index (κ1) is 17.3. The summed E-state index contributed by atoms with van der Waals surface area (Å²) in [7, 11) is 0. The maximum absolute atomic E-state index is 12.6. The van der Waals surface area contributed by atoms with Gasteiger partial charge in [0, 0.05) is 34.9 Å². The molecule has 5 nitrogen and oxygen atoms in total. The molecule has 0 saturated carbocycles. The van der Waals surface area contributed by atoms with Crippen molar-refractivity contribution in [3.05, 3.63) is 53.2 Å². The third kappa shape index (κ3) is 3.55. The number of hydrogen-bond donors (Lipinski definition) is 1. The molecule has 1 N–H and O–H groups in total. The molecule has 1 aromatic heterocycles. The first-order valence-corrected chi connectivity index (χ1v) is 9.42. The van der Waals surface area contributed by atoms with Gasteiger partial charge in [0.05, 0.1) is 0 Å². The smallest absolute Gasteiger partial charge is 0.251 e. The van der Waals surface area contributed by atoms with Crippen LogP contribution in [0.1, 0.15) is 30.1 Å². The van der Waals surface area contributed by atoms with E-state index in [4.69, 9.17) is 16.3 Å². The molecule has 2 aromatic rings. The Morgan fingerprint density at radius 3 is 2.62 bits per heavy atom. The normalized spacial score (nSPS) is 27.2. The number of carbonyl (C=O) groups is 1. The lowest BCUT2D eigenvalue weighted by atomic mass is 9.79. The number of fused-ring (bicyclic) bond motifs is 3. The molecule has 3 aliphatic rings. The number of hydrogen-bond acceptors (Lipinski definition) is 4. The standard InChI is InChI=1S/C20H22ClN3O2/c1-13-19(14-7-10-24(13)11-8-14)23-20(25)15-2-4-17(5-3-15)26-18-12-16(21)6-9-22-18/h2-6,9,12-14,19H,7-8,10-11H2,1H3,(H,23,25)/t13-,19-/m0/s1. The number of nitrogens with one attached hydrogen (secondary N) is 1. The predicted octanol–water partition coefficient (Wildman–Crippen LogP) is 3.74. The Kier molecular flexibility index (Phi) is 4.83. The van der Waals surface area contributed by atoms with Gasteiger partial charge in [0.15, 0.2) is 0 Å². The molecular formula is C20H22ClN3O2. The van der Waals surface area contributed by atoms with Gasteiger partial charge in [0.1, 0.15) is 5.75 Å². The highest BCUT2D eigenvalue weighted by Crippen LogP contribution is 2.32. The largest absolute Gasteiger partial charge is 0.439 e. The van der Waals surface area contributed by atoms with E-state index in [9.17, 15) is 4.79 Å². The number of pyridine rings is 1. The first-order chi connectivity index (χ1) is 12.6. The van der Waals surface area contributed by atoms with Crippen molar-refractivity contribution in [1.29, 1.82) is 0 Å². The molecule has 136 valence electrons. The maximum Gasteiger partial charge on any atom is 0.251 e. The second-order valence-electron chi connectivity index (χ2n) is 7.05. The summed E-state index contributed by atoms with van der Waals surface area (Å²) >= 11 is 5.93. The average molecular weight is 372 g/mol. The summed E-state index contributed by atoms with van der Waals surface area (Å²) in [6.07, 6.45) is 3.94. The second-order valence-corrected chi connectivity index (χ2v) is 7.49. The van der Waals surface area contributed by atoms with Crippen LogP contribution < -0.4 is 10.1 Å². The van der Waals surface area contributed by atoms with Crippen LogP contribution in [0.2, 0.25) is 5.02 Å². The number of benzene rings is 1. The summed E-state index contributed by atoms with van der Waals surface area (Å²) in [6, 6.07) is 11.1. The summed E-state index contributed by atoms with van der Waals surface area (Å²) in [5.41, 5.74) is 0.639. The quantitative estimate of drug-likeness (QED) is 0.889. The first-order valence-electron chi connectivity index (χ1n) is 9.04. The van der Waals surface area contributed by atoms with Crippen LogP contribution in [0.25, 0.3) is 0 Å². The molecule has 3 saturated heterocycles. The summed E-state index contributed by atoms with van der Waals surface area (Å²) in [5.74, 6) is 1.61. The van der Waals surface area contributed by atoms with Gasteiger partial charge in [-0.1, -0.05) is 11.6 Å². The summed E-state index contributed by atoms with van der Waals surface area (Å²) in [4.78, 5) is 19.2.